The van der Waals surface area contributed by atoms with Crippen LogP contribution in [-0.2, 0) is 4.79 Å². The average molecular weight is 360 g/mol. The van der Waals surface area contributed by atoms with Gasteiger partial charge in [0.25, 0.3) is 5.91 Å². The fourth-order valence-corrected chi connectivity index (χ4v) is 3.43. The second kappa shape index (κ2) is 7.15. The quantitative estimate of drug-likeness (QED) is 0.909. The van der Waals surface area contributed by atoms with Crippen LogP contribution in [0, 0.1) is 5.92 Å². The lowest BCUT2D eigenvalue weighted by molar-refractivity contribution is -0.141. The topological polar surface area (TPSA) is 66.8 Å². The molecule has 0 unspecified atom stereocenters. The average Bonchev–Trinajstić information content (AvgIpc) is 3.07. The van der Waals surface area contributed by atoms with Crippen LogP contribution in [0.15, 0.2) is 48.5 Å². The minimum Gasteiger partial charge on any atom is -0.496 e. The zero-order valence-electron chi connectivity index (χ0n) is 13.7. The van der Waals surface area contributed by atoms with Gasteiger partial charge in [-0.15, -0.1) is 0 Å². The number of aliphatic carboxylic acids is 1. The standard InChI is InChI=1S/C19H18ClNO4/c1-25-17-9-13(20)7-8-14(17)18(22)21-10-15(16(11-21)19(23)24)12-5-3-2-4-6-12/h2-9,15-16H,10-11H2,1H3,(H,23,24)/t15-,16-/m0/s1. The molecule has 2 atom stereocenters. The Morgan fingerprint density at radius 2 is 1.88 bits per heavy atom. The molecule has 0 bridgehead atoms. The first-order valence-corrected chi connectivity index (χ1v) is 8.29. The second-order valence-electron chi connectivity index (χ2n) is 6.02. The summed E-state index contributed by atoms with van der Waals surface area (Å²) in [6.45, 7) is 0.519. The molecule has 6 heteroatoms. The highest BCUT2D eigenvalue weighted by Crippen LogP contribution is 2.35. The van der Waals surface area contributed by atoms with Crippen molar-refractivity contribution in [3.8, 4) is 5.75 Å². The number of methoxy groups -OCH3 is 1. The Morgan fingerprint density at radius 1 is 1.16 bits per heavy atom. The monoisotopic (exact) mass is 359 g/mol. The summed E-state index contributed by atoms with van der Waals surface area (Å²) in [6, 6.07) is 14.2. The summed E-state index contributed by atoms with van der Waals surface area (Å²) in [5.74, 6) is -1.64. The number of likely N-dealkylation sites (tertiary alicyclic amines) is 1. The minimum atomic E-state index is -0.896. The van der Waals surface area contributed by atoms with Crippen molar-refractivity contribution in [2.45, 2.75) is 5.92 Å². The van der Waals surface area contributed by atoms with Crippen LogP contribution in [0.2, 0.25) is 5.02 Å². The number of hydrogen-bond donors (Lipinski definition) is 1. The molecule has 1 aliphatic heterocycles. The lowest BCUT2D eigenvalue weighted by Crippen LogP contribution is -2.30. The zero-order valence-corrected chi connectivity index (χ0v) is 14.4. The fraction of sp³-hybridized carbons (Fsp3) is 0.263. The third-order valence-corrected chi connectivity index (χ3v) is 4.78. The van der Waals surface area contributed by atoms with Gasteiger partial charge in [-0.3, -0.25) is 9.59 Å². The van der Waals surface area contributed by atoms with Gasteiger partial charge in [0.05, 0.1) is 18.6 Å². The van der Waals surface area contributed by atoms with Gasteiger partial charge < -0.3 is 14.7 Å². The van der Waals surface area contributed by atoms with Crippen LogP contribution in [0.4, 0.5) is 0 Å². The van der Waals surface area contributed by atoms with Gasteiger partial charge >= 0.3 is 5.97 Å². The van der Waals surface area contributed by atoms with Crippen molar-refractivity contribution in [1.29, 1.82) is 0 Å². The molecule has 0 aromatic heterocycles. The lowest BCUT2D eigenvalue weighted by Gasteiger charge is -2.18. The Morgan fingerprint density at radius 3 is 2.52 bits per heavy atom. The van der Waals surface area contributed by atoms with E-state index in [1.54, 1.807) is 23.1 Å². The van der Waals surface area contributed by atoms with Gasteiger partial charge in [0, 0.05) is 24.0 Å². The molecular formula is C19H18ClNO4. The molecule has 5 nitrogen and oxygen atoms in total. The van der Waals surface area contributed by atoms with Crippen molar-refractivity contribution in [3.63, 3.8) is 0 Å². The van der Waals surface area contributed by atoms with Crippen molar-refractivity contribution < 1.29 is 19.4 Å². The summed E-state index contributed by atoms with van der Waals surface area (Å²) >= 11 is 5.95. The number of amides is 1. The summed E-state index contributed by atoms with van der Waals surface area (Å²) in [5, 5.41) is 10.0. The van der Waals surface area contributed by atoms with E-state index in [9.17, 15) is 14.7 Å². The number of nitrogens with zero attached hydrogens (tertiary/aromatic N) is 1. The molecule has 25 heavy (non-hydrogen) atoms. The molecule has 0 spiro atoms. The van der Waals surface area contributed by atoms with E-state index in [1.807, 2.05) is 30.3 Å². The maximum absolute atomic E-state index is 12.9. The van der Waals surface area contributed by atoms with Crippen molar-refractivity contribution in [2.75, 3.05) is 20.2 Å². The van der Waals surface area contributed by atoms with Crippen LogP contribution < -0.4 is 4.74 Å². The molecule has 1 fully saturated rings. The van der Waals surface area contributed by atoms with Crippen LogP contribution in [0.5, 0.6) is 5.75 Å². The highest BCUT2D eigenvalue weighted by molar-refractivity contribution is 6.30. The highest BCUT2D eigenvalue weighted by atomic mass is 35.5. The van der Waals surface area contributed by atoms with Gasteiger partial charge in [-0.25, -0.2) is 0 Å². The predicted octanol–water partition coefficient (Wildman–Crippen LogP) is 3.29. The van der Waals surface area contributed by atoms with Crippen molar-refractivity contribution >= 4 is 23.5 Å². The zero-order chi connectivity index (χ0) is 18.0. The van der Waals surface area contributed by atoms with Crippen molar-refractivity contribution in [3.05, 3.63) is 64.7 Å². The molecule has 3 rings (SSSR count). The van der Waals surface area contributed by atoms with E-state index >= 15 is 0 Å². The largest absolute Gasteiger partial charge is 0.496 e. The summed E-state index contributed by atoms with van der Waals surface area (Å²) in [6.07, 6.45) is 0. The van der Waals surface area contributed by atoms with Crippen LogP contribution in [0.1, 0.15) is 21.8 Å². The number of ether oxygens (including phenoxy) is 1. The number of benzene rings is 2. The molecule has 1 heterocycles. The van der Waals surface area contributed by atoms with E-state index in [0.717, 1.165) is 5.56 Å². The molecule has 130 valence electrons. The van der Waals surface area contributed by atoms with Gasteiger partial charge in [0.2, 0.25) is 0 Å². The van der Waals surface area contributed by atoms with Crippen LogP contribution in [0.3, 0.4) is 0 Å². The Kier molecular flexibility index (Phi) is 4.95. The molecule has 0 radical (unpaired) electrons. The number of halogens is 1. The number of carbonyl (C=O) groups excluding carboxylic acids is 1. The Bertz CT molecular complexity index is 793. The van der Waals surface area contributed by atoms with Crippen molar-refractivity contribution in [2.24, 2.45) is 5.92 Å². The minimum absolute atomic E-state index is 0.166. The SMILES string of the molecule is COc1cc(Cl)ccc1C(=O)N1C[C@H](C(=O)O)[C@H](c2ccccc2)C1. The first kappa shape index (κ1) is 17.3. The number of carboxylic acid groups (broad SMARTS) is 1. The first-order chi connectivity index (χ1) is 12.0. The van der Waals surface area contributed by atoms with E-state index in [-0.39, 0.29) is 18.4 Å². The molecular weight excluding hydrogens is 342 g/mol. The maximum Gasteiger partial charge on any atom is 0.308 e. The van der Waals surface area contributed by atoms with Crippen LogP contribution in [-0.4, -0.2) is 42.1 Å². The number of rotatable bonds is 4. The second-order valence-corrected chi connectivity index (χ2v) is 6.45. The van der Waals surface area contributed by atoms with E-state index in [1.165, 1.54) is 7.11 Å². The third-order valence-electron chi connectivity index (χ3n) is 4.55. The Hall–Kier alpha value is -2.53. The summed E-state index contributed by atoms with van der Waals surface area (Å²) in [5.41, 5.74) is 1.30. The van der Waals surface area contributed by atoms with Gasteiger partial charge in [-0.05, 0) is 23.8 Å². The highest BCUT2D eigenvalue weighted by Gasteiger charge is 2.41. The van der Waals surface area contributed by atoms with E-state index in [0.29, 0.717) is 22.9 Å². The summed E-state index contributed by atoms with van der Waals surface area (Å²) in [4.78, 5) is 26.1. The number of hydrogen-bond acceptors (Lipinski definition) is 3. The van der Waals surface area contributed by atoms with Gasteiger partial charge in [0.15, 0.2) is 0 Å². The van der Waals surface area contributed by atoms with E-state index < -0.39 is 11.9 Å². The molecule has 1 N–H and O–H groups in total. The first-order valence-electron chi connectivity index (χ1n) is 7.92. The smallest absolute Gasteiger partial charge is 0.308 e. The van der Waals surface area contributed by atoms with Gasteiger partial charge in [-0.2, -0.15) is 0 Å². The van der Waals surface area contributed by atoms with Crippen LogP contribution in [0.25, 0.3) is 0 Å². The lowest BCUT2D eigenvalue weighted by atomic mass is 9.89. The fourth-order valence-electron chi connectivity index (χ4n) is 3.27. The number of carboxylic acids is 1. The third kappa shape index (κ3) is 3.46. The molecule has 1 amide bonds. The summed E-state index contributed by atoms with van der Waals surface area (Å²) < 4.78 is 5.24. The maximum atomic E-state index is 12.9. The van der Waals surface area contributed by atoms with Crippen molar-refractivity contribution in [1.82, 2.24) is 4.90 Å². The van der Waals surface area contributed by atoms with E-state index in [4.69, 9.17) is 16.3 Å². The number of carbonyl (C=O) groups is 2. The molecule has 2 aromatic carbocycles. The van der Waals surface area contributed by atoms with E-state index in [2.05, 4.69) is 0 Å². The van der Waals surface area contributed by atoms with Gasteiger partial charge in [-0.1, -0.05) is 41.9 Å². The molecule has 0 aliphatic carbocycles. The molecule has 1 saturated heterocycles. The van der Waals surface area contributed by atoms with Gasteiger partial charge in [0.1, 0.15) is 5.75 Å². The molecule has 2 aromatic rings. The molecule has 0 saturated carbocycles. The van der Waals surface area contributed by atoms with Crippen LogP contribution >= 0.6 is 11.6 Å². The normalized spacial score (nSPS) is 19.7. The Balaban J connectivity index is 1.89. The summed E-state index contributed by atoms with van der Waals surface area (Å²) in [7, 11) is 1.47. The Labute approximate surface area is 150 Å². The predicted molar refractivity (Wildman–Crippen MR) is 94.2 cm³/mol. The molecule has 1 aliphatic rings.